The van der Waals surface area contributed by atoms with Crippen LogP contribution >= 0.6 is 0 Å². The van der Waals surface area contributed by atoms with Gasteiger partial charge in [0.1, 0.15) is 0 Å². The first-order valence-corrected chi connectivity index (χ1v) is 11.4. The average molecular weight is 447 g/mol. The fraction of sp³-hybridized carbons (Fsp3) is 0.167. The summed E-state index contributed by atoms with van der Waals surface area (Å²) in [7, 11) is 0. The molecule has 3 aromatic carbocycles. The Kier molecular flexibility index (Phi) is 5.37. The number of hydrogen-bond acceptors (Lipinski definition) is 3. The number of fused-ring (bicyclic) bond motifs is 1. The van der Waals surface area contributed by atoms with Crippen LogP contribution in [0.5, 0.6) is 0 Å². The van der Waals surface area contributed by atoms with Crippen molar-refractivity contribution in [1.29, 1.82) is 0 Å². The van der Waals surface area contributed by atoms with E-state index < -0.39 is 0 Å². The second-order valence-corrected chi connectivity index (χ2v) is 9.54. The minimum Gasteiger partial charge on any atom is -0.322 e. The number of aromatic nitrogens is 1. The molecule has 1 heterocycles. The Balaban J connectivity index is 1.42. The minimum atomic E-state index is -0.360. The van der Waals surface area contributed by atoms with E-state index >= 15 is 0 Å². The van der Waals surface area contributed by atoms with Crippen molar-refractivity contribution in [2.75, 3.05) is 5.32 Å². The molecule has 4 nitrogen and oxygen atoms in total. The van der Waals surface area contributed by atoms with Crippen LogP contribution < -0.4 is 5.32 Å². The number of amides is 1. The van der Waals surface area contributed by atoms with E-state index in [9.17, 15) is 9.59 Å². The predicted octanol–water partition coefficient (Wildman–Crippen LogP) is 6.74. The molecule has 0 unspecified atom stereocenters. The quantitative estimate of drug-likeness (QED) is 0.378. The highest BCUT2D eigenvalue weighted by Crippen LogP contribution is 2.38. The molecule has 4 heteroatoms. The zero-order valence-electron chi connectivity index (χ0n) is 19.6. The lowest BCUT2D eigenvalue weighted by Gasteiger charge is -2.13. The van der Waals surface area contributed by atoms with Gasteiger partial charge in [0.25, 0.3) is 5.91 Å². The average Bonchev–Trinajstić information content (AvgIpc) is 3.07. The number of Topliss-reactive ketones (excluding diaryl/α,β-unsaturated/α-hetero) is 1. The van der Waals surface area contributed by atoms with Gasteiger partial charge in [-0.25, -0.2) is 0 Å². The summed E-state index contributed by atoms with van der Waals surface area (Å²) in [6, 6.07) is 25.2. The largest absolute Gasteiger partial charge is 0.322 e. The first-order valence-electron chi connectivity index (χ1n) is 11.4. The fourth-order valence-electron chi connectivity index (χ4n) is 4.62. The number of carbonyl (C=O) groups excluding carboxylic acids is 2. The van der Waals surface area contributed by atoms with Crippen LogP contribution in [0.15, 0.2) is 85.1 Å². The Morgan fingerprint density at radius 1 is 0.882 bits per heavy atom. The highest BCUT2D eigenvalue weighted by atomic mass is 16.1. The van der Waals surface area contributed by atoms with Crippen LogP contribution in [0.4, 0.5) is 5.69 Å². The van der Waals surface area contributed by atoms with E-state index in [4.69, 9.17) is 0 Å². The molecule has 0 aliphatic heterocycles. The number of carbonyl (C=O) groups is 2. The van der Waals surface area contributed by atoms with Gasteiger partial charge in [0.15, 0.2) is 5.78 Å². The van der Waals surface area contributed by atoms with E-state index in [1.807, 2.05) is 93.6 Å². The Hall–Kier alpha value is -4.05. The maximum atomic E-state index is 13.1. The maximum Gasteiger partial charge on any atom is 0.255 e. The lowest BCUT2D eigenvalue weighted by Crippen LogP contribution is -2.18. The molecule has 1 aromatic heterocycles. The van der Waals surface area contributed by atoms with Crippen LogP contribution in [0.2, 0.25) is 0 Å². The molecule has 0 saturated carbocycles. The third kappa shape index (κ3) is 4.03. The molecule has 0 radical (unpaired) electrons. The van der Waals surface area contributed by atoms with Crippen molar-refractivity contribution in [3.63, 3.8) is 0 Å². The summed E-state index contributed by atoms with van der Waals surface area (Å²) >= 11 is 0. The SMILES string of the molecule is Cc1ccc(C(=O)Nc2cccc(-c3ccccn3)c2)cc1-c1ccc2c(c1)CC(C)(C)C2=O. The Morgan fingerprint density at radius 2 is 1.74 bits per heavy atom. The molecular formula is C30H26N2O2. The third-order valence-electron chi connectivity index (χ3n) is 6.49. The monoisotopic (exact) mass is 446 g/mol. The van der Waals surface area contributed by atoms with E-state index in [1.54, 1.807) is 6.20 Å². The molecule has 1 aliphatic carbocycles. The number of pyridine rings is 1. The van der Waals surface area contributed by atoms with E-state index in [-0.39, 0.29) is 17.1 Å². The summed E-state index contributed by atoms with van der Waals surface area (Å²) in [6.07, 6.45) is 2.49. The van der Waals surface area contributed by atoms with Crippen molar-refractivity contribution in [3.05, 3.63) is 107 Å². The molecule has 1 N–H and O–H groups in total. The molecule has 5 rings (SSSR count). The molecule has 168 valence electrons. The summed E-state index contributed by atoms with van der Waals surface area (Å²) in [5, 5.41) is 3.01. The molecule has 4 aromatic rings. The number of benzene rings is 3. The maximum absolute atomic E-state index is 13.1. The topological polar surface area (TPSA) is 59.1 Å². The van der Waals surface area contributed by atoms with Crippen LogP contribution in [-0.4, -0.2) is 16.7 Å². The smallest absolute Gasteiger partial charge is 0.255 e. The van der Waals surface area contributed by atoms with Gasteiger partial charge in [0.05, 0.1) is 5.69 Å². The standard InChI is InChI=1S/C30H26N2O2/c1-19-10-11-22(17-26(19)20-12-13-25-23(15-20)18-30(2,3)28(25)33)29(34)32-24-8-6-7-21(16-24)27-9-4-5-14-31-27/h4-17H,18H2,1-3H3,(H,32,34). The van der Waals surface area contributed by atoms with Crippen LogP contribution in [0.3, 0.4) is 0 Å². The number of hydrogen-bond donors (Lipinski definition) is 1. The van der Waals surface area contributed by atoms with Crippen molar-refractivity contribution in [1.82, 2.24) is 4.98 Å². The van der Waals surface area contributed by atoms with Gasteiger partial charge in [0, 0.05) is 34.0 Å². The van der Waals surface area contributed by atoms with Crippen molar-refractivity contribution < 1.29 is 9.59 Å². The van der Waals surface area contributed by atoms with Crippen LogP contribution in [-0.2, 0) is 6.42 Å². The van der Waals surface area contributed by atoms with Gasteiger partial charge in [-0.1, -0.05) is 56.3 Å². The summed E-state index contributed by atoms with van der Waals surface area (Å²) in [6.45, 7) is 6.03. The number of nitrogens with zero attached hydrogens (tertiary/aromatic N) is 1. The molecular weight excluding hydrogens is 420 g/mol. The zero-order valence-corrected chi connectivity index (χ0v) is 19.6. The Bertz CT molecular complexity index is 1420. The van der Waals surface area contributed by atoms with Gasteiger partial charge in [-0.05, 0) is 72.0 Å². The molecule has 0 bridgehead atoms. The van der Waals surface area contributed by atoms with E-state index in [1.165, 1.54) is 0 Å². The van der Waals surface area contributed by atoms with E-state index in [0.29, 0.717) is 11.3 Å². The number of anilines is 1. The van der Waals surface area contributed by atoms with E-state index in [0.717, 1.165) is 45.5 Å². The fourth-order valence-corrected chi connectivity index (χ4v) is 4.62. The van der Waals surface area contributed by atoms with Crippen molar-refractivity contribution in [2.45, 2.75) is 27.2 Å². The van der Waals surface area contributed by atoms with Gasteiger partial charge in [-0.15, -0.1) is 0 Å². The van der Waals surface area contributed by atoms with Gasteiger partial charge in [-0.3, -0.25) is 14.6 Å². The van der Waals surface area contributed by atoms with Gasteiger partial charge in [0.2, 0.25) is 0 Å². The summed E-state index contributed by atoms with van der Waals surface area (Å²) < 4.78 is 0. The van der Waals surface area contributed by atoms with Gasteiger partial charge >= 0.3 is 0 Å². The third-order valence-corrected chi connectivity index (χ3v) is 6.49. The molecule has 0 spiro atoms. The lowest BCUT2D eigenvalue weighted by atomic mass is 9.89. The predicted molar refractivity (Wildman–Crippen MR) is 136 cm³/mol. The zero-order chi connectivity index (χ0) is 23.9. The number of rotatable bonds is 4. The first-order chi connectivity index (χ1) is 16.3. The summed E-state index contributed by atoms with van der Waals surface area (Å²) in [4.78, 5) is 30.1. The van der Waals surface area contributed by atoms with Gasteiger partial charge < -0.3 is 5.32 Å². The van der Waals surface area contributed by atoms with Crippen molar-refractivity contribution in [3.8, 4) is 22.4 Å². The second-order valence-electron chi connectivity index (χ2n) is 9.54. The van der Waals surface area contributed by atoms with Crippen LogP contribution in [0.1, 0.15) is 45.7 Å². The Labute approximate surface area is 199 Å². The normalized spacial score (nSPS) is 14.0. The minimum absolute atomic E-state index is 0.170. The number of nitrogens with one attached hydrogen (secondary N) is 1. The van der Waals surface area contributed by atoms with Crippen LogP contribution in [0.25, 0.3) is 22.4 Å². The molecule has 0 atom stereocenters. The Morgan fingerprint density at radius 3 is 2.53 bits per heavy atom. The molecule has 34 heavy (non-hydrogen) atoms. The molecule has 0 saturated heterocycles. The lowest BCUT2D eigenvalue weighted by molar-refractivity contribution is 0.0863. The molecule has 1 aliphatic rings. The van der Waals surface area contributed by atoms with Gasteiger partial charge in [-0.2, -0.15) is 0 Å². The molecule has 0 fully saturated rings. The number of ketones is 1. The van der Waals surface area contributed by atoms with Crippen molar-refractivity contribution >= 4 is 17.4 Å². The highest BCUT2D eigenvalue weighted by molar-refractivity contribution is 6.06. The van der Waals surface area contributed by atoms with E-state index in [2.05, 4.69) is 16.4 Å². The first kappa shape index (κ1) is 21.8. The summed E-state index contributed by atoms with van der Waals surface area (Å²) in [5.74, 6) is 0.0312. The summed E-state index contributed by atoms with van der Waals surface area (Å²) in [5.41, 5.74) is 7.73. The highest BCUT2D eigenvalue weighted by Gasteiger charge is 2.37. The molecule has 1 amide bonds. The van der Waals surface area contributed by atoms with Crippen molar-refractivity contribution in [2.24, 2.45) is 5.41 Å². The number of aryl methyl sites for hydroxylation is 1. The second kappa shape index (κ2) is 8.38. The van der Waals surface area contributed by atoms with Crippen LogP contribution in [0, 0.1) is 12.3 Å².